The van der Waals surface area contributed by atoms with Gasteiger partial charge in [-0.1, -0.05) is 13.8 Å². The van der Waals surface area contributed by atoms with Gasteiger partial charge >= 0.3 is 23.9 Å². The molecule has 1 fully saturated rings. The van der Waals surface area contributed by atoms with E-state index in [2.05, 4.69) is 57.8 Å². The predicted octanol–water partition coefficient (Wildman–Crippen LogP) is -11.8. The minimum atomic E-state index is -2.04. The Morgan fingerprint density at radius 1 is 0.586 bits per heavy atom. The van der Waals surface area contributed by atoms with E-state index in [0.717, 1.165) is 11.8 Å². The Hall–Kier alpha value is -11.2. The first-order valence-electron chi connectivity index (χ1n) is 30.5. The monoisotopic (exact) mass is 1410 g/mol. The van der Waals surface area contributed by atoms with Crippen LogP contribution in [0.1, 0.15) is 97.1 Å². The highest BCUT2D eigenvalue weighted by molar-refractivity contribution is 6.01. The highest BCUT2D eigenvalue weighted by Gasteiger charge is 2.41. The number of H-pyrrole nitrogens is 1. The van der Waals surface area contributed by atoms with Gasteiger partial charge in [0.15, 0.2) is 5.96 Å². The summed E-state index contributed by atoms with van der Waals surface area (Å²) in [6, 6.07) is -19.2. The first-order chi connectivity index (χ1) is 46.3. The van der Waals surface area contributed by atoms with Crippen LogP contribution >= 0.6 is 0 Å². The van der Waals surface area contributed by atoms with Crippen LogP contribution in [0.4, 0.5) is 0 Å². The van der Waals surface area contributed by atoms with Crippen LogP contribution in [-0.4, -0.2) is 263 Å². The first-order valence-corrected chi connectivity index (χ1v) is 30.5. The zero-order valence-electron chi connectivity index (χ0n) is 53.9. The summed E-state index contributed by atoms with van der Waals surface area (Å²) in [5.74, 6) is -23.5. The number of aliphatic hydroxyl groups is 2. The molecule has 44 heteroatoms. The minimum Gasteiger partial charge on any atom is -0.481 e. The number of rotatable bonds is 45. The number of carbonyl (C=O) groups is 18. The molecule has 2 rings (SSSR count). The molecule has 12 atom stereocenters. The van der Waals surface area contributed by atoms with Gasteiger partial charge in [-0.25, -0.2) is 9.78 Å². The molecule has 1 aliphatic heterocycles. The van der Waals surface area contributed by atoms with E-state index in [9.17, 15) is 112 Å². The number of aliphatic carboxylic acids is 4. The van der Waals surface area contributed by atoms with Crippen molar-refractivity contribution in [2.45, 2.75) is 170 Å². The van der Waals surface area contributed by atoms with E-state index < -0.39 is 249 Å². The zero-order valence-corrected chi connectivity index (χ0v) is 53.9. The normalized spacial score (nSPS) is 15.8. The Kier molecular flexibility index (Phi) is 35.4. The van der Waals surface area contributed by atoms with Crippen molar-refractivity contribution in [3.05, 3.63) is 18.2 Å². The van der Waals surface area contributed by atoms with Crippen LogP contribution in [0.5, 0.6) is 0 Å². The van der Waals surface area contributed by atoms with Crippen molar-refractivity contribution in [1.82, 2.24) is 78.7 Å². The summed E-state index contributed by atoms with van der Waals surface area (Å²) < 4.78 is 0. The van der Waals surface area contributed by atoms with Crippen molar-refractivity contribution >= 4 is 113 Å². The van der Waals surface area contributed by atoms with Crippen molar-refractivity contribution in [2.24, 2.45) is 28.9 Å². The number of aromatic nitrogens is 2. The molecule has 14 amide bonds. The Balaban J connectivity index is 2.22. The van der Waals surface area contributed by atoms with Gasteiger partial charge in [0, 0.05) is 32.1 Å². The zero-order chi connectivity index (χ0) is 75.0. The Labute approximate surface area is 562 Å². The number of imidazole rings is 1. The van der Waals surface area contributed by atoms with Crippen LogP contribution in [0.2, 0.25) is 0 Å². The van der Waals surface area contributed by atoms with Gasteiger partial charge in [0.1, 0.15) is 60.4 Å². The van der Waals surface area contributed by atoms with E-state index in [0.29, 0.717) is 0 Å². The fraction of sp³-hybridized carbons (Fsp3) is 0.600. The Morgan fingerprint density at radius 3 is 1.55 bits per heavy atom. The molecule has 99 heavy (non-hydrogen) atoms. The quantitative estimate of drug-likeness (QED) is 0.0164. The third kappa shape index (κ3) is 31.1. The molecular weight excluding hydrogens is 1320 g/mol. The minimum absolute atomic E-state index is 0.0401. The molecule has 0 radical (unpaired) electrons. The fourth-order valence-electron chi connectivity index (χ4n) is 9.35. The maximum Gasteiger partial charge on any atom is 0.326 e. The largest absolute Gasteiger partial charge is 0.481 e. The van der Waals surface area contributed by atoms with E-state index in [4.69, 9.17) is 33.5 Å². The van der Waals surface area contributed by atoms with Gasteiger partial charge < -0.3 is 127 Å². The highest BCUT2D eigenvalue weighted by Crippen LogP contribution is 2.20. The molecule has 0 spiro atoms. The fourth-order valence-corrected chi connectivity index (χ4v) is 9.35. The number of aliphatic hydroxyl groups excluding tert-OH is 2. The maximum atomic E-state index is 14.3. The van der Waals surface area contributed by atoms with E-state index >= 15 is 0 Å². The van der Waals surface area contributed by atoms with Gasteiger partial charge in [0.25, 0.3) is 0 Å². The molecule has 0 saturated carbocycles. The first kappa shape index (κ1) is 83.9. The number of aromatic amines is 1. The van der Waals surface area contributed by atoms with Gasteiger partial charge in [-0.15, -0.1) is 0 Å². The van der Waals surface area contributed by atoms with Crippen LogP contribution in [0.25, 0.3) is 0 Å². The smallest absolute Gasteiger partial charge is 0.326 e. The molecule has 28 N–H and O–H groups in total. The number of likely N-dealkylation sites (tertiary alicyclic amines) is 1. The second-order valence-corrected chi connectivity index (χ2v) is 22.9. The van der Waals surface area contributed by atoms with Crippen LogP contribution in [0.15, 0.2) is 12.5 Å². The SMILES string of the molecule is CC(C)C[C@H](NC(=O)[C@H](Cc1c[nH]cn1)NC(=O)[C@@H]1CCCN1C(=O)[C@H](CO)NC(=O)CNC(=O)[C@@H](NC(=O)CNC(=O)[C@H](CC(=O)O)NC(=O)[C@H](CC(=O)O)NC(=O)[C@@H](N)CCC(=O)O)[C@@H](C)O)C(=O)N[C@@H](CC(N)=O)C(=O)N[C@@H](CC(N)=O)C(=O)N[C@@H](CCCNC(=N)N)C(=O)O. The second kappa shape index (κ2) is 41.7. The molecule has 0 bridgehead atoms. The molecule has 0 unspecified atom stereocenters. The molecule has 1 aromatic heterocycles. The summed E-state index contributed by atoms with van der Waals surface area (Å²) >= 11 is 0. The van der Waals surface area contributed by atoms with E-state index in [1.54, 1.807) is 13.8 Å². The molecule has 550 valence electrons. The lowest BCUT2D eigenvalue weighted by molar-refractivity contribution is -0.143. The maximum absolute atomic E-state index is 14.3. The third-order valence-electron chi connectivity index (χ3n) is 14.2. The third-order valence-corrected chi connectivity index (χ3v) is 14.2. The molecule has 0 aliphatic carbocycles. The summed E-state index contributed by atoms with van der Waals surface area (Å²) in [5.41, 5.74) is 21.8. The predicted molar refractivity (Wildman–Crippen MR) is 332 cm³/mol. The number of amides is 14. The van der Waals surface area contributed by atoms with E-state index in [1.165, 1.54) is 12.5 Å². The molecule has 1 saturated heterocycles. The van der Waals surface area contributed by atoms with Gasteiger partial charge in [0.2, 0.25) is 82.7 Å². The second-order valence-electron chi connectivity index (χ2n) is 22.9. The number of guanidine groups is 1. The molecule has 0 aromatic carbocycles. The van der Waals surface area contributed by atoms with E-state index in [-0.39, 0.29) is 57.3 Å². The van der Waals surface area contributed by atoms with Crippen molar-refractivity contribution in [3.63, 3.8) is 0 Å². The van der Waals surface area contributed by atoms with Gasteiger partial charge in [-0.2, -0.15) is 0 Å². The van der Waals surface area contributed by atoms with Crippen molar-refractivity contribution in [1.29, 1.82) is 5.41 Å². The van der Waals surface area contributed by atoms with Gasteiger partial charge in [0.05, 0.1) is 69.5 Å². The lowest BCUT2D eigenvalue weighted by Gasteiger charge is -2.30. The number of hydrogen-bond donors (Lipinski definition) is 24. The number of nitrogens with one attached hydrogen (secondary N) is 14. The molecule has 44 nitrogen and oxygen atoms in total. The summed E-state index contributed by atoms with van der Waals surface area (Å²) in [5, 5.41) is 91.6. The lowest BCUT2D eigenvalue weighted by Crippen LogP contribution is -2.61. The topological polar surface area (TPSA) is 733 Å². The molecular formula is C55H86N20O24. The summed E-state index contributed by atoms with van der Waals surface area (Å²) in [7, 11) is 0. The van der Waals surface area contributed by atoms with Crippen LogP contribution in [-0.2, 0) is 92.7 Å². The number of nitrogens with two attached hydrogens (primary N) is 4. The molecule has 1 aromatic rings. The van der Waals surface area contributed by atoms with Crippen LogP contribution in [0.3, 0.4) is 0 Å². The number of carboxylic acid groups (broad SMARTS) is 4. The summed E-state index contributed by atoms with van der Waals surface area (Å²) in [6.07, 6.45) is -4.81. The number of carbonyl (C=O) groups excluding carboxylic acids is 14. The standard InChI is InChI=1S/C55H86N20O24/c1-23(2)12-28(46(90)70-31(15-37(58)79)49(93)71-30(14-36(57)78)48(92)67-27(54(98)99)6-4-10-62-55(59)60)69-47(91)29(13-25-18-61-22-65-25)73-51(95)35-7-5-11-75(35)53(97)34(21-76)66-38(80)19-64-52(96)43(24(3)77)74-39(81)20-63-45(89)32(16-41(84)85)72-50(94)33(17-42(86)87)68-44(88)26(56)8-9-40(82)83/h18,22-24,26-35,43,76-77H,4-17,19-21,56H2,1-3H3,(H2,57,78)(H2,58,79)(H,61,65)(H,63,89)(H,64,96)(H,66,80)(H,67,92)(H,68,88)(H,69,91)(H,70,90)(H,71,93)(H,72,94)(H,73,95)(H,74,81)(H,82,83)(H,84,85)(H,86,87)(H,98,99)(H4,59,60,62)/t24-,26+,27+,28+,29+,30+,31+,32+,33+,34+,35+,43+/m1/s1. The van der Waals surface area contributed by atoms with Crippen molar-refractivity contribution in [2.75, 3.05) is 32.8 Å². The number of carboxylic acids is 4. The Morgan fingerprint density at radius 2 is 1.07 bits per heavy atom. The summed E-state index contributed by atoms with van der Waals surface area (Å²) in [6.45, 7) is 1.05. The molecule has 1 aliphatic rings. The van der Waals surface area contributed by atoms with Gasteiger partial charge in [-0.3, -0.25) is 86.9 Å². The summed E-state index contributed by atoms with van der Waals surface area (Å²) in [4.78, 5) is 240. The average Bonchev–Trinajstić information content (AvgIpc) is 1.75. The van der Waals surface area contributed by atoms with E-state index in [1.807, 2.05) is 16.0 Å². The van der Waals surface area contributed by atoms with Crippen molar-refractivity contribution in [3.8, 4) is 0 Å². The number of nitrogens with zero attached hydrogens (tertiary/aromatic N) is 2. The lowest BCUT2D eigenvalue weighted by atomic mass is 10.0. The molecule has 2 heterocycles. The Bertz CT molecular complexity index is 3110. The average molecular weight is 1410 g/mol. The highest BCUT2D eigenvalue weighted by atomic mass is 16.4. The van der Waals surface area contributed by atoms with Gasteiger partial charge in [-0.05, 0) is 51.4 Å². The number of hydrogen-bond acceptors (Lipinski definition) is 23. The van der Waals surface area contributed by atoms with Crippen molar-refractivity contribution < 1.29 is 117 Å². The number of primary amides is 2. The van der Waals surface area contributed by atoms with Crippen LogP contribution in [0, 0.1) is 11.3 Å². The van der Waals surface area contributed by atoms with Crippen LogP contribution < -0.4 is 86.7 Å².